The van der Waals surface area contributed by atoms with Crippen molar-refractivity contribution in [2.45, 2.75) is 52.4 Å². The van der Waals surface area contributed by atoms with Gasteiger partial charge in [-0.25, -0.2) is 0 Å². The third-order valence-electron chi connectivity index (χ3n) is 6.59. The molecule has 4 nitrogen and oxygen atoms in total. The number of hydrogen-bond donors (Lipinski definition) is 0. The summed E-state index contributed by atoms with van der Waals surface area (Å²) in [5, 5.41) is 1.05. The zero-order chi connectivity index (χ0) is 26.2. The van der Waals surface area contributed by atoms with Gasteiger partial charge < -0.3 is 4.74 Å². The van der Waals surface area contributed by atoms with Crippen LogP contribution in [-0.2, 0) is 10.8 Å². The van der Waals surface area contributed by atoms with Gasteiger partial charge in [-0.2, -0.15) is 0 Å². The monoisotopic (exact) mass is 487 g/mol. The summed E-state index contributed by atoms with van der Waals surface area (Å²) in [5.41, 5.74) is 7.29. The third kappa shape index (κ3) is 5.39. The second-order valence-corrected chi connectivity index (χ2v) is 11.5. The number of nitrogens with zero attached hydrogens (tertiary/aromatic N) is 3. The van der Waals surface area contributed by atoms with Crippen LogP contribution < -0.4 is 4.74 Å². The van der Waals surface area contributed by atoms with Crippen LogP contribution in [0.25, 0.3) is 33.4 Å². The summed E-state index contributed by atoms with van der Waals surface area (Å²) >= 11 is 0. The molecule has 0 amide bonds. The first kappa shape index (κ1) is 24.6. The Bertz CT molecular complexity index is 1580. The van der Waals surface area contributed by atoms with E-state index in [0.29, 0.717) is 0 Å². The summed E-state index contributed by atoms with van der Waals surface area (Å²) < 4.78 is 6.41. The molecule has 0 aliphatic heterocycles. The smallest absolute Gasteiger partial charge is 0.130 e. The second kappa shape index (κ2) is 9.44. The second-order valence-electron chi connectivity index (χ2n) is 11.5. The molecule has 0 spiro atoms. The largest absolute Gasteiger partial charge is 0.457 e. The Morgan fingerprint density at radius 3 is 1.95 bits per heavy atom. The summed E-state index contributed by atoms with van der Waals surface area (Å²) in [7, 11) is 0. The van der Waals surface area contributed by atoms with E-state index in [-0.39, 0.29) is 10.8 Å². The maximum absolute atomic E-state index is 6.41. The van der Waals surface area contributed by atoms with Crippen LogP contribution in [0.5, 0.6) is 11.5 Å². The van der Waals surface area contributed by atoms with Crippen molar-refractivity contribution in [2.24, 2.45) is 0 Å². The lowest BCUT2D eigenvalue weighted by molar-refractivity contribution is 0.483. The van der Waals surface area contributed by atoms with Crippen molar-refractivity contribution in [3.8, 4) is 34.0 Å². The lowest BCUT2D eigenvalue weighted by atomic mass is 9.86. The maximum atomic E-state index is 6.41. The van der Waals surface area contributed by atoms with Crippen LogP contribution in [0.1, 0.15) is 52.7 Å². The topological polar surface area (TPSA) is 47.9 Å². The molecule has 0 N–H and O–H groups in total. The number of pyridine rings is 3. The fourth-order valence-electron chi connectivity index (χ4n) is 4.38. The molecule has 0 saturated heterocycles. The molecule has 3 aromatic heterocycles. The van der Waals surface area contributed by atoms with Gasteiger partial charge in [0.15, 0.2) is 0 Å². The molecule has 0 radical (unpaired) electrons. The lowest BCUT2D eigenvalue weighted by Crippen LogP contribution is -2.11. The molecule has 0 bridgehead atoms. The first-order valence-corrected chi connectivity index (χ1v) is 12.7. The minimum Gasteiger partial charge on any atom is -0.457 e. The van der Waals surface area contributed by atoms with Gasteiger partial charge in [-0.05, 0) is 70.5 Å². The fourth-order valence-corrected chi connectivity index (χ4v) is 4.38. The number of aromatic nitrogens is 3. The lowest BCUT2D eigenvalue weighted by Gasteiger charge is -2.20. The number of fused-ring (bicyclic) bond motifs is 1. The highest BCUT2D eigenvalue weighted by atomic mass is 16.5. The molecule has 0 aliphatic carbocycles. The Labute approximate surface area is 219 Å². The minimum atomic E-state index is 0.0264. The van der Waals surface area contributed by atoms with E-state index in [4.69, 9.17) is 9.72 Å². The van der Waals surface area contributed by atoms with Gasteiger partial charge in [-0.15, -0.1) is 0 Å². The number of benzene rings is 2. The number of rotatable bonds is 4. The van der Waals surface area contributed by atoms with Crippen LogP contribution in [0.4, 0.5) is 0 Å². The van der Waals surface area contributed by atoms with Gasteiger partial charge in [0.2, 0.25) is 0 Å². The quantitative estimate of drug-likeness (QED) is 0.254. The number of hydrogen-bond acceptors (Lipinski definition) is 4. The first-order valence-electron chi connectivity index (χ1n) is 12.7. The van der Waals surface area contributed by atoms with Crippen LogP contribution in [-0.4, -0.2) is 15.0 Å². The molecule has 5 aromatic rings. The summed E-state index contributed by atoms with van der Waals surface area (Å²) in [6.45, 7) is 13.3. The molecule has 5 rings (SSSR count). The van der Waals surface area contributed by atoms with Crippen molar-refractivity contribution in [1.82, 2.24) is 15.0 Å². The Balaban J connectivity index is 1.54. The summed E-state index contributed by atoms with van der Waals surface area (Å²) in [6, 6.07) is 24.7. The SMILES string of the molecule is CC(C)(C)c1ccnc(-c2cccc(Oc3cc(-c4cc(C(C)(C)C)ccn4)c4cccnc4c3)c2)c1. The Hall–Kier alpha value is -4.05. The van der Waals surface area contributed by atoms with Gasteiger partial charge in [0.1, 0.15) is 11.5 Å². The van der Waals surface area contributed by atoms with E-state index >= 15 is 0 Å². The highest BCUT2D eigenvalue weighted by molar-refractivity contribution is 5.95. The minimum absolute atomic E-state index is 0.0264. The highest BCUT2D eigenvalue weighted by Crippen LogP contribution is 2.36. The molecular formula is C33H33N3O. The summed E-state index contributed by atoms with van der Waals surface area (Å²) in [4.78, 5) is 14.0. The molecular weight excluding hydrogens is 454 g/mol. The predicted octanol–water partition coefficient (Wildman–Crippen LogP) is 8.75. The molecule has 0 atom stereocenters. The fraction of sp³-hybridized carbons (Fsp3) is 0.242. The van der Waals surface area contributed by atoms with E-state index in [2.05, 4.69) is 94.0 Å². The molecule has 37 heavy (non-hydrogen) atoms. The highest BCUT2D eigenvalue weighted by Gasteiger charge is 2.17. The standard InChI is InChI=1S/C33H33N3O/c1-32(2,3)23-12-15-35-29(18-23)22-9-7-10-25(17-22)37-26-20-28(27-11-8-14-34-31(27)21-26)30-19-24(13-16-36-30)33(4,5)6/h7-21H,1-6H3. The van der Waals surface area contributed by atoms with Crippen LogP contribution in [0.2, 0.25) is 0 Å². The summed E-state index contributed by atoms with van der Waals surface area (Å²) in [5.74, 6) is 1.47. The normalized spacial score (nSPS) is 12.1. The molecule has 3 heterocycles. The molecule has 4 heteroatoms. The zero-order valence-corrected chi connectivity index (χ0v) is 22.4. The van der Waals surface area contributed by atoms with Crippen molar-refractivity contribution in [1.29, 1.82) is 0 Å². The Morgan fingerprint density at radius 2 is 1.24 bits per heavy atom. The van der Waals surface area contributed by atoms with Gasteiger partial charge in [-0.1, -0.05) is 59.7 Å². The van der Waals surface area contributed by atoms with E-state index in [0.717, 1.165) is 44.9 Å². The van der Waals surface area contributed by atoms with Crippen molar-refractivity contribution in [2.75, 3.05) is 0 Å². The molecule has 0 fully saturated rings. The average Bonchev–Trinajstić information content (AvgIpc) is 2.87. The molecule has 2 aromatic carbocycles. The molecule has 0 saturated carbocycles. The van der Waals surface area contributed by atoms with Crippen LogP contribution in [0.15, 0.2) is 91.4 Å². The number of ether oxygens (including phenoxy) is 1. The van der Waals surface area contributed by atoms with Gasteiger partial charge in [-0.3, -0.25) is 15.0 Å². The van der Waals surface area contributed by atoms with E-state index in [1.54, 1.807) is 0 Å². The predicted molar refractivity (Wildman–Crippen MR) is 152 cm³/mol. The van der Waals surface area contributed by atoms with Gasteiger partial charge in [0, 0.05) is 41.2 Å². The van der Waals surface area contributed by atoms with E-state index in [1.807, 2.05) is 48.9 Å². The third-order valence-corrected chi connectivity index (χ3v) is 6.59. The van der Waals surface area contributed by atoms with E-state index < -0.39 is 0 Å². The zero-order valence-electron chi connectivity index (χ0n) is 22.4. The van der Waals surface area contributed by atoms with E-state index in [1.165, 1.54) is 11.1 Å². The Morgan fingerprint density at radius 1 is 0.568 bits per heavy atom. The van der Waals surface area contributed by atoms with Crippen LogP contribution >= 0.6 is 0 Å². The maximum Gasteiger partial charge on any atom is 0.130 e. The van der Waals surface area contributed by atoms with Crippen molar-refractivity contribution < 1.29 is 4.74 Å². The summed E-state index contributed by atoms with van der Waals surface area (Å²) in [6.07, 6.45) is 5.57. The van der Waals surface area contributed by atoms with Gasteiger partial charge in [0.05, 0.1) is 16.9 Å². The van der Waals surface area contributed by atoms with Gasteiger partial charge in [0.25, 0.3) is 0 Å². The van der Waals surface area contributed by atoms with Crippen molar-refractivity contribution >= 4 is 10.9 Å². The molecule has 0 aliphatic rings. The van der Waals surface area contributed by atoms with Crippen LogP contribution in [0.3, 0.4) is 0 Å². The van der Waals surface area contributed by atoms with Crippen molar-refractivity contribution in [3.05, 3.63) is 103 Å². The molecule has 0 unspecified atom stereocenters. The van der Waals surface area contributed by atoms with E-state index in [9.17, 15) is 0 Å². The van der Waals surface area contributed by atoms with Crippen molar-refractivity contribution in [3.63, 3.8) is 0 Å². The van der Waals surface area contributed by atoms with Crippen LogP contribution in [0, 0.1) is 0 Å². The van der Waals surface area contributed by atoms with Gasteiger partial charge >= 0.3 is 0 Å². The first-order chi connectivity index (χ1) is 17.6. The average molecular weight is 488 g/mol. The Kier molecular flexibility index (Phi) is 6.28. The molecule has 186 valence electrons.